The van der Waals surface area contributed by atoms with Gasteiger partial charge in [-0.25, -0.2) is 0 Å². The smallest absolute Gasteiger partial charge is 0.0438 e. The van der Waals surface area contributed by atoms with Crippen LogP contribution in [0.5, 0.6) is 0 Å². The van der Waals surface area contributed by atoms with Crippen LogP contribution in [0, 0.1) is 0 Å². The van der Waals surface area contributed by atoms with Gasteiger partial charge in [0.1, 0.15) is 0 Å². The lowest BCUT2D eigenvalue weighted by Crippen LogP contribution is -2.29. The van der Waals surface area contributed by atoms with Gasteiger partial charge in [0.25, 0.3) is 0 Å². The van der Waals surface area contributed by atoms with Gasteiger partial charge in [0, 0.05) is 29.8 Å². The number of hydrogen-bond donors (Lipinski definition) is 1. The lowest BCUT2D eigenvalue weighted by molar-refractivity contribution is 0.253. The molecule has 1 fully saturated rings. The Labute approximate surface area is 117 Å². The summed E-state index contributed by atoms with van der Waals surface area (Å²) in [5, 5.41) is 0. The Kier molecular flexibility index (Phi) is 5.34. The molecule has 0 amide bonds. The Hall–Kier alpha value is -0.930. The zero-order valence-electron chi connectivity index (χ0n) is 12.3. The van der Waals surface area contributed by atoms with Crippen molar-refractivity contribution in [2.24, 2.45) is 5.73 Å². The molecular formula is C16H27N3. The second kappa shape index (κ2) is 7.01. The standard InChI is InChI=1S/C16H27N3/c1-3-5-14(17)12-15-6-4-7-16(18-15)13-8-10-19(2)11-9-13/h4,6-7,13-14H,3,5,8-12,17H2,1-2H3. The van der Waals surface area contributed by atoms with Crippen molar-refractivity contribution in [2.45, 2.75) is 51.0 Å². The summed E-state index contributed by atoms with van der Waals surface area (Å²) in [6.45, 7) is 4.56. The Balaban J connectivity index is 1.98. The van der Waals surface area contributed by atoms with Crippen molar-refractivity contribution in [3.05, 3.63) is 29.6 Å². The van der Waals surface area contributed by atoms with Crippen LogP contribution in [0.3, 0.4) is 0 Å². The van der Waals surface area contributed by atoms with Crippen LogP contribution >= 0.6 is 0 Å². The number of piperidine rings is 1. The molecule has 0 radical (unpaired) electrons. The largest absolute Gasteiger partial charge is 0.327 e. The van der Waals surface area contributed by atoms with Crippen LogP contribution in [0.4, 0.5) is 0 Å². The fourth-order valence-corrected chi connectivity index (χ4v) is 2.89. The first-order valence-electron chi connectivity index (χ1n) is 7.59. The van der Waals surface area contributed by atoms with Gasteiger partial charge in [-0.05, 0) is 51.5 Å². The first-order chi connectivity index (χ1) is 9.19. The number of pyridine rings is 1. The Bertz CT molecular complexity index is 383. The molecule has 1 aliphatic heterocycles. The van der Waals surface area contributed by atoms with E-state index < -0.39 is 0 Å². The molecule has 19 heavy (non-hydrogen) atoms. The minimum atomic E-state index is 0.255. The molecule has 1 atom stereocenters. The van der Waals surface area contributed by atoms with Gasteiger partial charge in [0.2, 0.25) is 0 Å². The fraction of sp³-hybridized carbons (Fsp3) is 0.688. The maximum absolute atomic E-state index is 6.12. The van der Waals surface area contributed by atoms with E-state index in [9.17, 15) is 0 Å². The monoisotopic (exact) mass is 261 g/mol. The molecule has 2 rings (SSSR count). The molecule has 1 saturated heterocycles. The van der Waals surface area contributed by atoms with E-state index in [1.807, 2.05) is 0 Å². The highest BCUT2D eigenvalue weighted by molar-refractivity contribution is 5.16. The van der Waals surface area contributed by atoms with Crippen LogP contribution in [0.1, 0.15) is 49.9 Å². The number of nitrogens with two attached hydrogens (primary N) is 1. The third-order valence-electron chi connectivity index (χ3n) is 4.10. The highest BCUT2D eigenvalue weighted by Crippen LogP contribution is 2.26. The molecule has 106 valence electrons. The number of likely N-dealkylation sites (tertiary alicyclic amines) is 1. The molecule has 0 spiro atoms. The van der Waals surface area contributed by atoms with E-state index in [1.54, 1.807) is 0 Å². The second-order valence-corrected chi connectivity index (χ2v) is 5.88. The Morgan fingerprint density at radius 3 is 2.79 bits per heavy atom. The van der Waals surface area contributed by atoms with Gasteiger partial charge in [-0.1, -0.05) is 19.4 Å². The van der Waals surface area contributed by atoms with E-state index in [4.69, 9.17) is 10.7 Å². The summed E-state index contributed by atoms with van der Waals surface area (Å²) in [7, 11) is 2.20. The van der Waals surface area contributed by atoms with Crippen molar-refractivity contribution in [3.8, 4) is 0 Å². The SMILES string of the molecule is CCCC(N)Cc1cccc(C2CCN(C)CC2)n1. The second-order valence-electron chi connectivity index (χ2n) is 5.88. The van der Waals surface area contributed by atoms with Gasteiger partial charge in [-0.15, -0.1) is 0 Å². The number of nitrogens with zero attached hydrogens (tertiary/aromatic N) is 2. The number of hydrogen-bond acceptors (Lipinski definition) is 3. The maximum Gasteiger partial charge on any atom is 0.0438 e. The molecule has 3 nitrogen and oxygen atoms in total. The normalized spacial score (nSPS) is 19.5. The topological polar surface area (TPSA) is 42.1 Å². The van der Waals surface area contributed by atoms with Crippen LogP contribution in [-0.2, 0) is 6.42 Å². The van der Waals surface area contributed by atoms with Gasteiger partial charge in [0.05, 0.1) is 0 Å². The van der Waals surface area contributed by atoms with Crippen molar-refractivity contribution in [3.63, 3.8) is 0 Å². The van der Waals surface area contributed by atoms with Crippen molar-refractivity contribution >= 4 is 0 Å². The van der Waals surface area contributed by atoms with Gasteiger partial charge in [-0.2, -0.15) is 0 Å². The van der Waals surface area contributed by atoms with Gasteiger partial charge < -0.3 is 10.6 Å². The van der Waals surface area contributed by atoms with E-state index in [-0.39, 0.29) is 6.04 Å². The number of rotatable bonds is 5. The lowest BCUT2D eigenvalue weighted by Gasteiger charge is -2.28. The Morgan fingerprint density at radius 2 is 2.11 bits per heavy atom. The summed E-state index contributed by atoms with van der Waals surface area (Å²) in [6.07, 6.45) is 5.60. The average molecular weight is 261 g/mol. The first kappa shape index (κ1) is 14.5. The predicted molar refractivity (Wildman–Crippen MR) is 80.3 cm³/mol. The molecular weight excluding hydrogens is 234 g/mol. The van der Waals surface area contributed by atoms with Crippen LogP contribution in [0.15, 0.2) is 18.2 Å². The zero-order chi connectivity index (χ0) is 13.7. The van der Waals surface area contributed by atoms with Gasteiger partial charge in [-0.3, -0.25) is 4.98 Å². The summed E-state index contributed by atoms with van der Waals surface area (Å²) < 4.78 is 0. The lowest BCUT2D eigenvalue weighted by atomic mass is 9.93. The van der Waals surface area contributed by atoms with Crippen molar-refractivity contribution in [1.82, 2.24) is 9.88 Å². The minimum absolute atomic E-state index is 0.255. The van der Waals surface area contributed by atoms with Crippen LogP contribution in [0.25, 0.3) is 0 Å². The molecule has 1 unspecified atom stereocenters. The summed E-state index contributed by atoms with van der Waals surface area (Å²) in [6, 6.07) is 6.71. The molecule has 0 saturated carbocycles. The third kappa shape index (κ3) is 4.29. The zero-order valence-corrected chi connectivity index (χ0v) is 12.3. The van der Waals surface area contributed by atoms with Crippen LogP contribution in [0.2, 0.25) is 0 Å². The van der Waals surface area contributed by atoms with Crippen molar-refractivity contribution < 1.29 is 0 Å². The molecule has 1 aromatic rings. The average Bonchev–Trinajstić information content (AvgIpc) is 2.40. The molecule has 1 aromatic heterocycles. The molecule has 3 heteroatoms. The summed E-state index contributed by atoms with van der Waals surface area (Å²) >= 11 is 0. The molecule has 0 aromatic carbocycles. The van der Waals surface area contributed by atoms with E-state index in [0.717, 1.165) is 25.0 Å². The summed E-state index contributed by atoms with van der Waals surface area (Å²) in [5.74, 6) is 0.638. The maximum atomic E-state index is 6.12. The Morgan fingerprint density at radius 1 is 1.37 bits per heavy atom. The van der Waals surface area contributed by atoms with E-state index >= 15 is 0 Å². The fourth-order valence-electron chi connectivity index (χ4n) is 2.89. The van der Waals surface area contributed by atoms with E-state index in [1.165, 1.54) is 31.6 Å². The van der Waals surface area contributed by atoms with E-state index in [0.29, 0.717) is 5.92 Å². The van der Waals surface area contributed by atoms with Crippen LogP contribution in [-0.4, -0.2) is 36.1 Å². The third-order valence-corrected chi connectivity index (χ3v) is 4.10. The minimum Gasteiger partial charge on any atom is -0.327 e. The molecule has 0 bridgehead atoms. The number of aromatic nitrogens is 1. The van der Waals surface area contributed by atoms with Crippen LogP contribution < -0.4 is 5.73 Å². The summed E-state index contributed by atoms with van der Waals surface area (Å²) in [5.41, 5.74) is 8.55. The molecule has 2 heterocycles. The van der Waals surface area contributed by atoms with E-state index in [2.05, 4.69) is 37.1 Å². The highest BCUT2D eigenvalue weighted by Gasteiger charge is 2.19. The summed E-state index contributed by atoms with van der Waals surface area (Å²) in [4.78, 5) is 7.25. The predicted octanol–water partition coefficient (Wildman–Crippen LogP) is 2.56. The first-order valence-corrected chi connectivity index (χ1v) is 7.59. The molecule has 0 aliphatic carbocycles. The van der Waals surface area contributed by atoms with Gasteiger partial charge in [0.15, 0.2) is 0 Å². The van der Waals surface area contributed by atoms with Crippen molar-refractivity contribution in [1.29, 1.82) is 0 Å². The molecule has 1 aliphatic rings. The molecule has 2 N–H and O–H groups in total. The van der Waals surface area contributed by atoms with Gasteiger partial charge >= 0.3 is 0 Å². The highest BCUT2D eigenvalue weighted by atomic mass is 15.1. The van der Waals surface area contributed by atoms with Crippen molar-refractivity contribution in [2.75, 3.05) is 20.1 Å². The quantitative estimate of drug-likeness (QED) is 0.885.